The Kier molecular flexibility index (Phi) is 5.70. The van der Waals surface area contributed by atoms with Crippen molar-refractivity contribution in [1.82, 2.24) is 9.55 Å². The Bertz CT molecular complexity index is 1380. The van der Waals surface area contributed by atoms with Gasteiger partial charge in [0.05, 0.1) is 35.5 Å². The van der Waals surface area contributed by atoms with Crippen molar-refractivity contribution < 1.29 is 14.6 Å². The lowest BCUT2D eigenvalue weighted by Gasteiger charge is -2.19. The minimum absolute atomic E-state index is 0.101. The minimum Gasteiger partial charge on any atom is -0.493 e. The number of aliphatic hydroxyl groups is 1. The highest BCUT2D eigenvalue weighted by Gasteiger charge is 2.17. The zero-order valence-electron chi connectivity index (χ0n) is 17.8. The summed E-state index contributed by atoms with van der Waals surface area (Å²) in [5.41, 5.74) is 1.54. The molecule has 2 heterocycles. The molecule has 0 spiro atoms. The van der Waals surface area contributed by atoms with Gasteiger partial charge in [-0.1, -0.05) is 12.1 Å². The normalized spacial score (nSPS) is 11.3. The Morgan fingerprint density at radius 3 is 2.56 bits per heavy atom. The molecule has 0 amide bonds. The van der Waals surface area contributed by atoms with Crippen LogP contribution in [-0.4, -0.2) is 34.0 Å². The third-order valence-corrected chi connectivity index (χ3v) is 5.90. The molecule has 0 fully saturated rings. The average Bonchev–Trinajstić information content (AvgIpc) is 3.23. The van der Waals surface area contributed by atoms with Gasteiger partial charge in [0.1, 0.15) is 17.6 Å². The second-order valence-electron chi connectivity index (χ2n) is 7.87. The maximum Gasteiger partial charge on any atom is 0.275 e. The largest absolute Gasteiger partial charge is 0.493 e. The summed E-state index contributed by atoms with van der Waals surface area (Å²) < 4.78 is 13.1. The van der Waals surface area contributed by atoms with Gasteiger partial charge in [0.25, 0.3) is 5.56 Å². The van der Waals surface area contributed by atoms with Crippen molar-refractivity contribution in [1.29, 1.82) is 5.26 Å². The molecular formula is C24H21N3O4S. The maximum absolute atomic E-state index is 13.2. The fourth-order valence-electron chi connectivity index (χ4n) is 3.13. The number of fused-ring (bicyclic) bond motifs is 1. The number of aromatic nitrogens is 2. The second kappa shape index (κ2) is 8.46. The highest BCUT2D eigenvalue weighted by Crippen LogP contribution is 2.32. The molecule has 0 radical (unpaired) electrons. The Morgan fingerprint density at radius 1 is 1.16 bits per heavy atom. The SMILES string of the molecule is COc1cc(-n2cnc3cc(-c4ccc(C#N)cc4)sc3c2=O)ccc1OCC(C)(C)O. The van der Waals surface area contributed by atoms with Gasteiger partial charge < -0.3 is 14.6 Å². The molecule has 0 unspecified atom stereocenters. The molecule has 7 nitrogen and oxygen atoms in total. The van der Waals surface area contributed by atoms with E-state index >= 15 is 0 Å². The third kappa shape index (κ3) is 4.35. The van der Waals surface area contributed by atoms with E-state index in [9.17, 15) is 9.90 Å². The van der Waals surface area contributed by atoms with Gasteiger partial charge in [-0.3, -0.25) is 9.36 Å². The maximum atomic E-state index is 13.2. The average molecular weight is 448 g/mol. The van der Waals surface area contributed by atoms with Gasteiger partial charge in [-0.05, 0) is 49.7 Å². The monoisotopic (exact) mass is 447 g/mol. The number of nitriles is 1. The van der Waals surface area contributed by atoms with Crippen molar-refractivity contribution in [3.8, 4) is 33.7 Å². The van der Waals surface area contributed by atoms with Crippen molar-refractivity contribution in [3.05, 3.63) is 70.8 Å². The standard InChI is InChI=1S/C24H21N3O4S/c1-24(2,29)13-31-19-9-8-17(10-20(19)30-3)27-14-26-18-11-21(32-22(18)23(27)28)16-6-4-15(12-25)5-7-16/h4-11,14,29H,13H2,1-3H3. The molecule has 0 saturated carbocycles. The molecule has 2 aromatic carbocycles. The molecule has 0 bridgehead atoms. The van der Waals surface area contributed by atoms with Gasteiger partial charge in [0.2, 0.25) is 0 Å². The highest BCUT2D eigenvalue weighted by atomic mass is 32.1. The fourth-order valence-corrected chi connectivity index (χ4v) is 4.17. The summed E-state index contributed by atoms with van der Waals surface area (Å²) in [6.07, 6.45) is 1.49. The smallest absolute Gasteiger partial charge is 0.275 e. The molecule has 0 aliphatic carbocycles. The quantitative estimate of drug-likeness (QED) is 0.477. The number of benzene rings is 2. The first-order valence-corrected chi connectivity index (χ1v) is 10.7. The molecule has 0 atom stereocenters. The van der Waals surface area contributed by atoms with Gasteiger partial charge in [-0.15, -0.1) is 11.3 Å². The van der Waals surface area contributed by atoms with Crippen LogP contribution in [0, 0.1) is 11.3 Å². The lowest BCUT2D eigenvalue weighted by atomic mass is 10.1. The number of thiophene rings is 1. The Hall–Kier alpha value is -3.67. The first kappa shape index (κ1) is 21.6. The molecule has 4 aromatic rings. The summed E-state index contributed by atoms with van der Waals surface area (Å²) in [6.45, 7) is 3.41. The molecule has 0 aliphatic heterocycles. The molecule has 8 heteroatoms. The zero-order chi connectivity index (χ0) is 22.9. The first-order chi connectivity index (χ1) is 15.3. The van der Waals surface area contributed by atoms with E-state index in [0.717, 1.165) is 10.4 Å². The van der Waals surface area contributed by atoms with Gasteiger partial charge in [0, 0.05) is 10.9 Å². The summed E-state index contributed by atoms with van der Waals surface area (Å²) in [7, 11) is 1.52. The first-order valence-electron chi connectivity index (χ1n) is 9.84. The summed E-state index contributed by atoms with van der Waals surface area (Å²) >= 11 is 1.36. The van der Waals surface area contributed by atoms with Crippen LogP contribution < -0.4 is 15.0 Å². The molecule has 0 saturated heterocycles. The van der Waals surface area contributed by atoms with Crippen LogP contribution in [0.5, 0.6) is 11.5 Å². The number of methoxy groups -OCH3 is 1. The number of ether oxygens (including phenoxy) is 2. The number of nitrogens with zero attached hydrogens (tertiary/aromatic N) is 3. The van der Waals surface area contributed by atoms with Gasteiger partial charge >= 0.3 is 0 Å². The lowest BCUT2D eigenvalue weighted by molar-refractivity contribution is 0.0276. The Balaban J connectivity index is 1.71. The van der Waals surface area contributed by atoms with Gasteiger partial charge in [0.15, 0.2) is 11.5 Å². The molecule has 32 heavy (non-hydrogen) atoms. The van der Waals surface area contributed by atoms with Crippen LogP contribution in [0.2, 0.25) is 0 Å². The molecular weight excluding hydrogens is 426 g/mol. The van der Waals surface area contributed by atoms with E-state index in [1.807, 2.05) is 18.2 Å². The second-order valence-corrected chi connectivity index (χ2v) is 8.92. The summed E-state index contributed by atoms with van der Waals surface area (Å²) in [6, 6.07) is 16.3. The van der Waals surface area contributed by atoms with Crippen LogP contribution in [0.3, 0.4) is 0 Å². The number of hydrogen-bond acceptors (Lipinski definition) is 7. The van der Waals surface area contributed by atoms with Crippen molar-refractivity contribution in [2.75, 3.05) is 13.7 Å². The molecule has 2 aromatic heterocycles. The van der Waals surface area contributed by atoms with Crippen LogP contribution in [0.1, 0.15) is 19.4 Å². The van der Waals surface area contributed by atoms with Crippen LogP contribution in [-0.2, 0) is 0 Å². The third-order valence-electron chi connectivity index (χ3n) is 4.74. The van der Waals surface area contributed by atoms with E-state index in [4.69, 9.17) is 14.7 Å². The van der Waals surface area contributed by atoms with Gasteiger partial charge in [-0.25, -0.2) is 4.98 Å². The fraction of sp³-hybridized carbons (Fsp3) is 0.208. The molecule has 4 rings (SSSR count). The zero-order valence-corrected chi connectivity index (χ0v) is 18.6. The summed E-state index contributed by atoms with van der Waals surface area (Å²) in [5, 5.41) is 18.9. The van der Waals surface area contributed by atoms with E-state index in [1.54, 1.807) is 44.2 Å². The summed E-state index contributed by atoms with van der Waals surface area (Å²) in [5.74, 6) is 0.919. The van der Waals surface area contributed by atoms with Gasteiger partial charge in [-0.2, -0.15) is 5.26 Å². The highest BCUT2D eigenvalue weighted by molar-refractivity contribution is 7.22. The van der Waals surface area contributed by atoms with Crippen LogP contribution >= 0.6 is 11.3 Å². The van der Waals surface area contributed by atoms with E-state index in [0.29, 0.717) is 33.0 Å². The molecule has 1 N–H and O–H groups in total. The van der Waals surface area contributed by atoms with Crippen LogP contribution in [0.25, 0.3) is 26.3 Å². The predicted molar refractivity (Wildman–Crippen MR) is 124 cm³/mol. The van der Waals surface area contributed by atoms with Crippen molar-refractivity contribution in [2.24, 2.45) is 0 Å². The molecule has 0 aliphatic rings. The van der Waals surface area contributed by atoms with Crippen molar-refractivity contribution in [2.45, 2.75) is 19.4 Å². The van der Waals surface area contributed by atoms with E-state index in [2.05, 4.69) is 11.1 Å². The van der Waals surface area contributed by atoms with Crippen molar-refractivity contribution in [3.63, 3.8) is 0 Å². The lowest BCUT2D eigenvalue weighted by Crippen LogP contribution is -2.28. The van der Waals surface area contributed by atoms with E-state index < -0.39 is 5.60 Å². The molecule has 162 valence electrons. The van der Waals surface area contributed by atoms with E-state index in [-0.39, 0.29) is 12.2 Å². The topological polar surface area (TPSA) is 97.4 Å². The number of rotatable bonds is 6. The number of hydrogen-bond donors (Lipinski definition) is 1. The van der Waals surface area contributed by atoms with Crippen molar-refractivity contribution >= 4 is 21.6 Å². The predicted octanol–water partition coefficient (Wildman–Crippen LogP) is 4.14. The Labute approximate surface area is 188 Å². The van der Waals surface area contributed by atoms with Crippen LogP contribution in [0.4, 0.5) is 0 Å². The minimum atomic E-state index is -0.985. The summed E-state index contributed by atoms with van der Waals surface area (Å²) in [4.78, 5) is 18.6. The Morgan fingerprint density at radius 2 is 1.91 bits per heavy atom. The van der Waals surface area contributed by atoms with E-state index in [1.165, 1.54) is 29.3 Å². The van der Waals surface area contributed by atoms with Crippen LogP contribution in [0.15, 0.2) is 59.7 Å².